The highest BCUT2D eigenvalue weighted by molar-refractivity contribution is 6.43. The molecule has 0 bridgehead atoms. The molecule has 0 unspecified atom stereocenters. The molecular formula is C15H20BNO4. The van der Waals surface area contributed by atoms with Gasteiger partial charge in [0.15, 0.2) is 0 Å². The van der Waals surface area contributed by atoms with E-state index in [4.69, 9.17) is 0 Å². The number of hydrogen-bond acceptors (Lipinski definition) is 4. The fourth-order valence-electron chi connectivity index (χ4n) is 2.53. The van der Waals surface area contributed by atoms with Crippen LogP contribution in [0.4, 0.5) is 0 Å². The molecule has 1 saturated carbocycles. The van der Waals surface area contributed by atoms with E-state index in [1.165, 1.54) is 6.92 Å². The molecule has 0 spiro atoms. The number of carbonyl (C=O) groups is 2. The van der Waals surface area contributed by atoms with Gasteiger partial charge in [0.2, 0.25) is 5.91 Å². The van der Waals surface area contributed by atoms with Crippen molar-refractivity contribution in [2.75, 3.05) is 0 Å². The smallest absolute Gasteiger partial charge is 0.426 e. The Morgan fingerprint density at radius 3 is 2.38 bits per heavy atom. The van der Waals surface area contributed by atoms with E-state index in [1.807, 2.05) is 30.3 Å². The lowest BCUT2D eigenvalue weighted by Gasteiger charge is -2.21. The Balaban J connectivity index is 2.00. The minimum absolute atomic E-state index is 0.0215. The lowest BCUT2D eigenvalue weighted by molar-refractivity contribution is -0.130. The molecule has 1 aliphatic carbocycles. The number of rotatable bonds is 7. The number of Topliss-reactive ketones (excluding diaryl/α,β-unsaturated/α-hetero) is 1. The second kappa shape index (κ2) is 6.41. The first-order valence-corrected chi connectivity index (χ1v) is 7.13. The van der Waals surface area contributed by atoms with Gasteiger partial charge in [-0.1, -0.05) is 30.3 Å². The fourth-order valence-corrected chi connectivity index (χ4v) is 2.53. The highest BCUT2D eigenvalue weighted by Gasteiger charge is 2.51. The van der Waals surface area contributed by atoms with Gasteiger partial charge >= 0.3 is 7.12 Å². The van der Waals surface area contributed by atoms with E-state index >= 15 is 0 Å². The van der Waals surface area contributed by atoms with Crippen LogP contribution in [0, 0.1) is 5.41 Å². The first-order chi connectivity index (χ1) is 9.93. The Bertz CT molecular complexity index is 514. The standard InChI is InChI=1S/C15H20BNO4/c1-11(18)10-15(7-8-15)14(19)17-13(16(20)21)9-12-5-3-2-4-6-12/h2-6,13,20-21H,7-10H2,1H3,(H,17,19)/t13-/m0/s1. The van der Waals surface area contributed by atoms with Gasteiger partial charge in [-0.3, -0.25) is 9.59 Å². The molecule has 0 aromatic heterocycles. The molecule has 0 saturated heterocycles. The summed E-state index contributed by atoms with van der Waals surface area (Å²) in [5, 5.41) is 21.6. The Morgan fingerprint density at radius 1 is 1.29 bits per heavy atom. The fraction of sp³-hybridized carbons (Fsp3) is 0.467. The Kier molecular flexibility index (Phi) is 4.80. The van der Waals surface area contributed by atoms with Crippen molar-refractivity contribution in [1.29, 1.82) is 0 Å². The summed E-state index contributed by atoms with van der Waals surface area (Å²) in [6, 6.07) is 9.32. The second-order valence-corrected chi connectivity index (χ2v) is 5.84. The van der Waals surface area contributed by atoms with E-state index in [1.54, 1.807) is 0 Å². The van der Waals surface area contributed by atoms with Crippen LogP contribution < -0.4 is 5.32 Å². The van der Waals surface area contributed by atoms with Crippen LogP contribution in [0.25, 0.3) is 0 Å². The maximum atomic E-state index is 12.3. The molecule has 5 nitrogen and oxygen atoms in total. The third-order valence-corrected chi connectivity index (χ3v) is 3.90. The SMILES string of the molecule is CC(=O)CC1(C(=O)N[C@@H](Cc2ccccc2)B(O)O)CC1. The molecule has 112 valence electrons. The van der Waals surface area contributed by atoms with Crippen LogP contribution in [0.5, 0.6) is 0 Å². The monoisotopic (exact) mass is 289 g/mol. The Morgan fingerprint density at radius 2 is 1.90 bits per heavy atom. The number of amides is 1. The van der Waals surface area contributed by atoms with Gasteiger partial charge in [-0.25, -0.2) is 0 Å². The molecular weight excluding hydrogens is 269 g/mol. The normalized spacial score (nSPS) is 16.9. The van der Waals surface area contributed by atoms with Crippen molar-refractivity contribution in [3.05, 3.63) is 35.9 Å². The van der Waals surface area contributed by atoms with Crippen molar-refractivity contribution in [2.24, 2.45) is 5.41 Å². The second-order valence-electron chi connectivity index (χ2n) is 5.84. The van der Waals surface area contributed by atoms with Crippen molar-refractivity contribution in [3.8, 4) is 0 Å². The van der Waals surface area contributed by atoms with Crippen molar-refractivity contribution in [3.63, 3.8) is 0 Å². The third-order valence-electron chi connectivity index (χ3n) is 3.90. The zero-order valence-corrected chi connectivity index (χ0v) is 12.1. The molecule has 1 aromatic rings. The van der Waals surface area contributed by atoms with Crippen molar-refractivity contribution in [2.45, 2.75) is 38.5 Å². The van der Waals surface area contributed by atoms with Gasteiger partial charge in [-0.2, -0.15) is 0 Å². The number of benzene rings is 1. The summed E-state index contributed by atoms with van der Waals surface area (Å²) in [4.78, 5) is 23.5. The maximum absolute atomic E-state index is 12.3. The number of hydrogen-bond donors (Lipinski definition) is 3. The molecule has 1 fully saturated rings. The van der Waals surface area contributed by atoms with Gasteiger partial charge in [0.05, 0.1) is 11.4 Å². The molecule has 1 amide bonds. The van der Waals surface area contributed by atoms with Crippen LogP contribution in [0.15, 0.2) is 30.3 Å². The van der Waals surface area contributed by atoms with E-state index in [0.29, 0.717) is 19.3 Å². The van der Waals surface area contributed by atoms with Gasteiger partial charge < -0.3 is 15.4 Å². The Labute approximate surface area is 124 Å². The largest absolute Gasteiger partial charge is 0.475 e. The molecule has 1 atom stereocenters. The number of ketones is 1. The highest BCUT2D eigenvalue weighted by Crippen LogP contribution is 2.49. The van der Waals surface area contributed by atoms with Crippen LogP contribution >= 0.6 is 0 Å². The lowest BCUT2D eigenvalue weighted by Crippen LogP contribution is -2.50. The van der Waals surface area contributed by atoms with Crippen LogP contribution in [-0.2, 0) is 16.0 Å². The van der Waals surface area contributed by atoms with E-state index < -0.39 is 18.5 Å². The van der Waals surface area contributed by atoms with E-state index in [0.717, 1.165) is 5.56 Å². The summed E-state index contributed by atoms with van der Waals surface area (Å²) >= 11 is 0. The molecule has 2 rings (SSSR count). The van der Waals surface area contributed by atoms with Crippen molar-refractivity contribution >= 4 is 18.8 Å². The summed E-state index contributed by atoms with van der Waals surface area (Å²) in [5.74, 6) is -1.05. The Hall–Kier alpha value is -1.66. The zero-order valence-electron chi connectivity index (χ0n) is 12.1. The minimum Gasteiger partial charge on any atom is -0.426 e. The van der Waals surface area contributed by atoms with Crippen LogP contribution in [0.2, 0.25) is 0 Å². The zero-order chi connectivity index (χ0) is 15.5. The molecule has 0 aliphatic heterocycles. The predicted molar refractivity (Wildman–Crippen MR) is 79.2 cm³/mol. The summed E-state index contributed by atoms with van der Waals surface area (Å²) < 4.78 is 0. The van der Waals surface area contributed by atoms with E-state index in [2.05, 4.69) is 5.32 Å². The van der Waals surface area contributed by atoms with Gasteiger partial charge in [0.25, 0.3) is 0 Å². The van der Waals surface area contributed by atoms with E-state index in [-0.39, 0.29) is 18.1 Å². The average Bonchev–Trinajstić information content (AvgIpc) is 3.19. The van der Waals surface area contributed by atoms with Gasteiger partial charge in [-0.15, -0.1) is 0 Å². The topological polar surface area (TPSA) is 86.6 Å². The molecule has 0 radical (unpaired) electrons. The highest BCUT2D eigenvalue weighted by atomic mass is 16.4. The quantitative estimate of drug-likeness (QED) is 0.637. The maximum Gasteiger partial charge on any atom is 0.475 e. The lowest BCUT2D eigenvalue weighted by atomic mass is 9.75. The van der Waals surface area contributed by atoms with Gasteiger partial charge in [-0.05, 0) is 31.7 Å². The summed E-state index contributed by atoms with van der Waals surface area (Å²) in [6.45, 7) is 1.47. The average molecular weight is 289 g/mol. The molecule has 3 N–H and O–H groups in total. The van der Waals surface area contributed by atoms with Crippen molar-refractivity contribution in [1.82, 2.24) is 5.32 Å². The number of carbonyl (C=O) groups excluding carboxylic acids is 2. The van der Waals surface area contributed by atoms with Crippen LogP contribution in [-0.4, -0.2) is 34.8 Å². The van der Waals surface area contributed by atoms with Gasteiger partial charge in [0, 0.05) is 6.42 Å². The molecule has 21 heavy (non-hydrogen) atoms. The summed E-state index contributed by atoms with van der Waals surface area (Å²) in [5.41, 5.74) is 0.280. The van der Waals surface area contributed by atoms with Crippen LogP contribution in [0.3, 0.4) is 0 Å². The first-order valence-electron chi connectivity index (χ1n) is 7.13. The third kappa shape index (κ3) is 4.15. The van der Waals surface area contributed by atoms with E-state index in [9.17, 15) is 19.6 Å². The van der Waals surface area contributed by atoms with Crippen molar-refractivity contribution < 1.29 is 19.6 Å². The molecule has 1 aliphatic rings. The molecule has 6 heteroatoms. The molecule has 1 aromatic carbocycles. The minimum atomic E-state index is -1.64. The van der Waals surface area contributed by atoms with Crippen LogP contribution in [0.1, 0.15) is 31.7 Å². The number of nitrogens with one attached hydrogen (secondary N) is 1. The molecule has 0 heterocycles. The first kappa shape index (κ1) is 15.7. The van der Waals surface area contributed by atoms with Gasteiger partial charge in [0.1, 0.15) is 5.78 Å². The summed E-state index contributed by atoms with van der Waals surface area (Å²) in [6.07, 6.45) is 1.91. The summed E-state index contributed by atoms with van der Waals surface area (Å²) in [7, 11) is -1.64. The predicted octanol–water partition coefficient (Wildman–Crippen LogP) is 0.485.